The standard InChI is InChI=1S/C11H14N4O2/c1-7(2)9-13-10(15-14-9)11(16)12-6-8-4-3-5-17-8/h3-5,7H,6H2,1-2H3,(H,12,16)(H,13,14,15). The number of nitrogens with zero attached hydrogens (tertiary/aromatic N) is 2. The molecular formula is C11H14N4O2. The first-order valence-electron chi connectivity index (χ1n) is 5.39. The molecule has 2 rings (SSSR count). The van der Waals surface area contributed by atoms with Crippen molar-refractivity contribution in [3.63, 3.8) is 0 Å². The van der Waals surface area contributed by atoms with Crippen LogP contribution in [-0.2, 0) is 6.54 Å². The molecule has 2 aromatic heterocycles. The molecule has 90 valence electrons. The summed E-state index contributed by atoms with van der Waals surface area (Å²) in [7, 11) is 0. The van der Waals surface area contributed by atoms with Gasteiger partial charge in [-0.05, 0) is 12.1 Å². The Hall–Kier alpha value is -2.11. The summed E-state index contributed by atoms with van der Waals surface area (Å²) in [5, 5.41) is 9.27. The molecule has 0 aromatic carbocycles. The van der Waals surface area contributed by atoms with E-state index in [0.717, 1.165) is 0 Å². The van der Waals surface area contributed by atoms with E-state index >= 15 is 0 Å². The van der Waals surface area contributed by atoms with Gasteiger partial charge in [0.15, 0.2) is 0 Å². The number of furan rings is 1. The lowest BCUT2D eigenvalue weighted by Crippen LogP contribution is -2.23. The van der Waals surface area contributed by atoms with E-state index in [9.17, 15) is 4.79 Å². The fraction of sp³-hybridized carbons (Fsp3) is 0.364. The van der Waals surface area contributed by atoms with E-state index in [1.807, 2.05) is 13.8 Å². The quantitative estimate of drug-likeness (QED) is 0.838. The Balaban J connectivity index is 1.95. The van der Waals surface area contributed by atoms with E-state index in [4.69, 9.17) is 4.42 Å². The lowest BCUT2D eigenvalue weighted by molar-refractivity contribution is 0.0938. The molecule has 2 heterocycles. The molecule has 0 fully saturated rings. The predicted octanol–water partition coefficient (Wildman–Crippen LogP) is 1.45. The van der Waals surface area contributed by atoms with Crippen molar-refractivity contribution in [3.8, 4) is 0 Å². The third kappa shape index (κ3) is 2.72. The summed E-state index contributed by atoms with van der Waals surface area (Å²) in [4.78, 5) is 15.8. The van der Waals surface area contributed by atoms with Crippen molar-refractivity contribution in [2.24, 2.45) is 0 Å². The fourth-order valence-corrected chi connectivity index (χ4v) is 1.29. The van der Waals surface area contributed by atoms with Crippen LogP contribution in [0.3, 0.4) is 0 Å². The number of H-pyrrole nitrogens is 1. The molecule has 0 spiro atoms. The van der Waals surface area contributed by atoms with Crippen molar-refractivity contribution in [2.75, 3.05) is 0 Å². The SMILES string of the molecule is CC(C)c1nc(C(=O)NCc2ccco2)n[nH]1. The molecule has 17 heavy (non-hydrogen) atoms. The fourth-order valence-electron chi connectivity index (χ4n) is 1.29. The number of aromatic amines is 1. The van der Waals surface area contributed by atoms with Gasteiger partial charge in [-0.25, -0.2) is 4.98 Å². The summed E-state index contributed by atoms with van der Waals surface area (Å²) in [6.45, 7) is 4.29. The van der Waals surface area contributed by atoms with E-state index in [-0.39, 0.29) is 17.6 Å². The molecule has 0 radical (unpaired) electrons. The minimum absolute atomic E-state index is 0.153. The summed E-state index contributed by atoms with van der Waals surface area (Å²) < 4.78 is 5.10. The van der Waals surface area contributed by atoms with Gasteiger partial charge in [-0.1, -0.05) is 13.8 Å². The Bertz CT molecular complexity index is 487. The molecule has 0 saturated heterocycles. The largest absolute Gasteiger partial charge is 0.467 e. The van der Waals surface area contributed by atoms with Crippen molar-refractivity contribution in [1.82, 2.24) is 20.5 Å². The van der Waals surface area contributed by atoms with Gasteiger partial charge in [0.2, 0.25) is 5.82 Å². The van der Waals surface area contributed by atoms with Crippen molar-refractivity contribution < 1.29 is 9.21 Å². The molecule has 6 nitrogen and oxygen atoms in total. The highest BCUT2D eigenvalue weighted by Crippen LogP contribution is 2.07. The topological polar surface area (TPSA) is 83.8 Å². The molecule has 2 aromatic rings. The Morgan fingerprint density at radius 3 is 3.00 bits per heavy atom. The highest BCUT2D eigenvalue weighted by atomic mass is 16.3. The maximum Gasteiger partial charge on any atom is 0.291 e. The second-order valence-electron chi connectivity index (χ2n) is 3.96. The molecule has 0 aliphatic heterocycles. The lowest BCUT2D eigenvalue weighted by atomic mass is 10.2. The Labute approximate surface area is 98.4 Å². The van der Waals surface area contributed by atoms with Gasteiger partial charge in [-0.15, -0.1) is 5.10 Å². The number of carbonyl (C=O) groups excluding carboxylic acids is 1. The third-order valence-corrected chi connectivity index (χ3v) is 2.26. The zero-order chi connectivity index (χ0) is 12.3. The second kappa shape index (κ2) is 4.82. The minimum atomic E-state index is -0.315. The van der Waals surface area contributed by atoms with Gasteiger partial charge in [0, 0.05) is 5.92 Å². The molecule has 0 saturated carbocycles. The van der Waals surface area contributed by atoms with Gasteiger partial charge in [0.05, 0.1) is 12.8 Å². The van der Waals surface area contributed by atoms with Crippen LogP contribution in [0.1, 0.15) is 42.0 Å². The highest BCUT2D eigenvalue weighted by molar-refractivity contribution is 5.90. The van der Waals surface area contributed by atoms with Gasteiger partial charge >= 0.3 is 0 Å². The third-order valence-electron chi connectivity index (χ3n) is 2.26. The van der Waals surface area contributed by atoms with Crippen LogP contribution in [0.25, 0.3) is 0 Å². The number of hydrogen-bond acceptors (Lipinski definition) is 4. The Morgan fingerprint density at radius 2 is 2.41 bits per heavy atom. The summed E-state index contributed by atoms with van der Waals surface area (Å²) in [5.41, 5.74) is 0. The van der Waals surface area contributed by atoms with E-state index in [1.54, 1.807) is 18.4 Å². The lowest BCUT2D eigenvalue weighted by Gasteiger charge is -1.99. The summed E-state index contributed by atoms with van der Waals surface area (Å²) in [6, 6.07) is 3.56. The van der Waals surface area contributed by atoms with E-state index in [1.165, 1.54) is 0 Å². The van der Waals surface area contributed by atoms with Crippen molar-refractivity contribution in [1.29, 1.82) is 0 Å². The van der Waals surface area contributed by atoms with Gasteiger partial charge in [-0.3, -0.25) is 9.89 Å². The number of amides is 1. The first-order valence-corrected chi connectivity index (χ1v) is 5.39. The van der Waals surface area contributed by atoms with Gasteiger partial charge in [0.25, 0.3) is 5.91 Å². The zero-order valence-electron chi connectivity index (χ0n) is 9.73. The van der Waals surface area contributed by atoms with Crippen LogP contribution in [0.5, 0.6) is 0 Å². The molecule has 0 aliphatic rings. The highest BCUT2D eigenvalue weighted by Gasteiger charge is 2.13. The van der Waals surface area contributed by atoms with E-state index in [2.05, 4.69) is 20.5 Å². The van der Waals surface area contributed by atoms with Crippen LogP contribution in [0, 0.1) is 0 Å². The summed E-state index contributed by atoms with van der Waals surface area (Å²) in [6.07, 6.45) is 1.56. The minimum Gasteiger partial charge on any atom is -0.467 e. The predicted molar refractivity (Wildman–Crippen MR) is 60.3 cm³/mol. The van der Waals surface area contributed by atoms with Crippen molar-refractivity contribution >= 4 is 5.91 Å². The maximum atomic E-state index is 11.7. The number of hydrogen-bond donors (Lipinski definition) is 2. The average Bonchev–Trinajstić information content (AvgIpc) is 2.96. The molecule has 6 heteroatoms. The molecule has 0 unspecified atom stereocenters. The van der Waals surface area contributed by atoms with Crippen LogP contribution >= 0.6 is 0 Å². The molecule has 0 aliphatic carbocycles. The average molecular weight is 234 g/mol. The van der Waals surface area contributed by atoms with Crippen LogP contribution in [0.15, 0.2) is 22.8 Å². The molecule has 0 bridgehead atoms. The number of aromatic nitrogens is 3. The Morgan fingerprint density at radius 1 is 1.59 bits per heavy atom. The molecule has 1 amide bonds. The number of carbonyl (C=O) groups is 1. The Kier molecular flexibility index (Phi) is 3.22. The summed E-state index contributed by atoms with van der Waals surface area (Å²) >= 11 is 0. The van der Waals surface area contributed by atoms with E-state index < -0.39 is 0 Å². The second-order valence-corrected chi connectivity index (χ2v) is 3.96. The van der Waals surface area contributed by atoms with Crippen LogP contribution in [0.4, 0.5) is 0 Å². The normalized spacial score (nSPS) is 10.8. The zero-order valence-corrected chi connectivity index (χ0v) is 9.73. The molecule has 2 N–H and O–H groups in total. The van der Waals surface area contributed by atoms with E-state index in [0.29, 0.717) is 18.1 Å². The first-order chi connectivity index (χ1) is 8.16. The van der Waals surface area contributed by atoms with Crippen LogP contribution in [-0.4, -0.2) is 21.1 Å². The smallest absolute Gasteiger partial charge is 0.291 e. The first kappa shape index (κ1) is 11.4. The summed E-state index contributed by atoms with van der Waals surface area (Å²) in [5.74, 6) is 1.45. The van der Waals surface area contributed by atoms with Crippen LogP contribution in [0.2, 0.25) is 0 Å². The van der Waals surface area contributed by atoms with Crippen molar-refractivity contribution in [2.45, 2.75) is 26.3 Å². The van der Waals surface area contributed by atoms with Crippen molar-refractivity contribution in [3.05, 3.63) is 35.8 Å². The number of rotatable bonds is 4. The van der Waals surface area contributed by atoms with Gasteiger partial charge < -0.3 is 9.73 Å². The number of nitrogens with one attached hydrogen (secondary N) is 2. The molecule has 0 atom stereocenters. The van der Waals surface area contributed by atoms with Crippen LogP contribution < -0.4 is 5.32 Å². The van der Waals surface area contributed by atoms with Gasteiger partial charge in [-0.2, -0.15) is 0 Å². The monoisotopic (exact) mass is 234 g/mol. The maximum absolute atomic E-state index is 11.7. The van der Waals surface area contributed by atoms with Gasteiger partial charge in [0.1, 0.15) is 11.6 Å². The molecular weight excluding hydrogens is 220 g/mol.